The zero-order valence-corrected chi connectivity index (χ0v) is 12.9. The Hall–Kier alpha value is -0.980. The van der Waals surface area contributed by atoms with Gasteiger partial charge in [-0.3, -0.25) is 0 Å². The average Bonchev–Trinajstić information content (AvgIpc) is 2.79. The largest absolute Gasteiger partial charge is 0.381 e. The van der Waals surface area contributed by atoms with Gasteiger partial charge in [-0.15, -0.1) is 0 Å². The van der Waals surface area contributed by atoms with Crippen LogP contribution in [0.25, 0.3) is 0 Å². The molecule has 0 aromatic heterocycles. The number of hydrogen-bond donors (Lipinski definition) is 1. The van der Waals surface area contributed by atoms with Crippen molar-refractivity contribution >= 4 is 5.69 Å². The van der Waals surface area contributed by atoms with Crippen LogP contribution in [0.3, 0.4) is 0 Å². The Balaban J connectivity index is 1.85. The van der Waals surface area contributed by atoms with E-state index in [-0.39, 0.29) is 0 Å². The number of rotatable bonds is 1. The molecule has 1 N–H and O–H groups in total. The predicted molar refractivity (Wildman–Crippen MR) is 85.4 cm³/mol. The van der Waals surface area contributed by atoms with Gasteiger partial charge in [-0.25, -0.2) is 0 Å². The summed E-state index contributed by atoms with van der Waals surface area (Å²) in [4.78, 5) is 0. The highest BCUT2D eigenvalue weighted by Crippen LogP contribution is 2.58. The summed E-state index contributed by atoms with van der Waals surface area (Å²) in [6.45, 7) is 4.64. The lowest BCUT2D eigenvalue weighted by Gasteiger charge is -2.49. The molecule has 1 spiro atoms. The molecule has 3 atom stereocenters. The molecule has 1 aromatic carbocycles. The molecule has 0 radical (unpaired) electrons. The summed E-state index contributed by atoms with van der Waals surface area (Å²) in [6, 6.07) is 7.97. The third-order valence-electron chi connectivity index (χ3n) is 6.33. The molecule has 3 aliphatic rings. The van der Waals surface area contributed by atoms with Gasteiger partial charge in [-0.2, -0.15) is 0 Å². The fourth-order valence-corrected chi connectivity index (χ4v) is 5.32. The van der Waals surface area contributed by atoms with E-state index in [9.17, 15) is 0 Å². The van der Waals surface area contributed by atoms with E-state index in [1.54, 1.807) is 5.56 Å². The Labute approximate surface area is 123 Å². The standard InChI is InChI=1S/C19H27N/c1-13(2)14-9-10-17-16(12-14)19-11-4-3-6-15(19)7-5-8-18(19)20-17/h9-10,12-13,15,18,20H,3-8,11H2,1-2H3/t15-,18+,19?/m0/s1. The quantitative estimate of drug-likeness (QED) is 0.737. The second-order valence-electron chi connectivity index (χ2n) is 7.57. The molecule has 4 rings (SSSR count). The van der Waals surface area contributed by atoms with Gasteiger partial charge in [0.1, 0.15) is 0 Å². The molecular weight excluding hydrogens is 242 g/mol. The van der Waals surface area contributed by atoms with Gasteiger partial charge in [0.15, 0.2) is 0 Å². The number of benzene rings is 1. The monoisotopic (exact) mass is 269 g/mol. The first kappa shape index (κ1) is 12.7. The summed E-state index contributed by atoms with van der Waals surface area (Å²) in [5.74, 6) is 1.58. The van der Waals surface area contributed by atoms with Crippen LogP contribution in [0.4, 0.5) is 5.69 Å². The number of hydrogen-bond acceptors (Lipinski definition) is 1. The SMILES string of the molecule is CC(C)c1ccc2c(c1)C13CCCC[C@H]1CCC[C@H]3N2. The van der Waals surface area contributed by atoms with Gasteiger partial charge >= 0.3 is 0 Å². The van der Waals surface area contributed by atoms with Gasteiger partial charge in [-0.05, 0) is 54.7 Å². The Bertz CT molecular complexity index is 508. The highest BCUT2D eigenvalue weighted by atomic mass is 15.0. The van der Waals surface area contributed by atoms with Crippen LogP contribution < -0.4 is 5.32 Å². The maximum atomic E-state index is 3.89. The lowest BCUT2D eigenvalue weighted by molar-refractivity contribution is 0.118. The minimum atomic E-state index is 0.483. The molecule has 2 saturated carbocycles. The van der Waals surface area contributed by atoms with Crippen molar-refractivity contribution < 1.29 is 0 Å². The van der Waals surface area contributed by atoms with Gasteiger partial charge in [0.05, 0.1) is 0 Å². The molecule has 20 heavy (non-hydrogen) atoms. The van der Waals surface area contributed by atoms with Crippen molar-refractivity contribution in [2.45, 2.75) is 76.2 Å². The highest BCUT2D eigenvalue weighted by Gasteiger charge is 2.53. The van der Waals surface area contributed by atoms with Crippen molar-refractivity contribution in [3.63, 3.8) is 0 Å². The molecule has 1 heterocycles. The molecule has 0 saturated heterocycles. The van der Waals surface area contributed by atoms with Crippen LogP contribution >= 0.6 is 0 Å². The Morgan fingerprint density at radius 2 is 1.95 bits per heavy atom. The lowest BCUT2D eigenvalue weighted by Crippen LogP contribution is -2.49. The van der Waals surface area contributed by atoms with E-state index in [1.807, 2.05) is 0 Å². The molecule has 2 fully saturated rings. The number of anilines is 1. The van der Waals surface area contributed by atoms with E-state index in [0.717, 1.165) is 12.0 Å². The van der Waals surface area contributed by atoms with Crippen LogP contribution in [0, 0.1) is 5.92 Å². The van der Waals surface area contributed by atoms with Crippen molar-refractivity contribution in [1.82, 2.24) is 0 Å². The smallest absolute Gasteiger partial charge is 0.0381 e. The van der Waals surface area contributed by atoms with Crippen LogP contribution in [-0.4, -0.2) is 6.04 Å². The lowest BCUT2D eigenvalue weighted by atomic mass is 9.55. The van der Waals surface area contributed by atoms with Gasteiger partial charge in [-0.1, -0.05) is 45.2 Å². The van der Waals surface area contributed by atoms with Gasteiger partial charge in [0.25, 0.3) is 0 Å². The van der Waals surface area contributed by atoms with Gasteiger partial charge in [0.2, 0.25) is 0 Å². The molecule has 1 nitrogen and oxygen atoms in total. The first-order chi connectivity index (χ1) is 9.72. The average molecular weight is 269 g/mol. The van der Waals surface area contributed by atoms with Crippen molar-refractivity contribution in [3.8, 4) is 0 Å². The van der Waals surface area contributed by atoms with E-state index in [1.165, 1.54) is 56.2 Å². The molecular formula is C19H27N. The first-order valence-electron chi connectivity index (χ1n) is 8.63. The van der Waals surface area contributed by atoms with Crippen LogP contribution in [-0.2, 0) is 5.41 Å². The molecule has 2 aliphatic carbocycles. The van der Waals surface area contributed by atoms with Crippen LogP contribution in [0.5, 0.6) is 0 Å². The molecule has 1 unspecified atom stereocenters. The zero-order valence-electron chi connectivity index (χ0n) is 12.9. The molecule has 1 aliphatic heterocycles. The first-order valence-corrected chi connectivity index (χ1v) is 8.63. The van der Waals surface area contributed by atoms with Crippen LogP contribution in [0.2, 0.25) is 0 Å². The third-order valence-corrected chi connectivity index (χ3v) is 6.33. The predicted octanol–water partition coefficient (Wildman–Crippen LogP) is 5.22. The summed E-state index contributed by atoms with van der Waals surface area (Å²) >= 11 is 0. The minimum Gasteiger partial charge on any atom is -0.381 e. The Morgan fingerprint density at radius 1 is 1.10 bits per heavy atom. The van der Waals surface area contributed by atoms with Gasteiger partial charge < -0.3 is 5.32 Å². The van der Waals surface area contributed by atoms with E-state index in [2.05, 4.69) is 37.4 Å². The highest BCUT2D eigenvalue weighted by molar-refractivity contribution is 5.64. The fraction of sp³-hybridized carbons (Fsp3) is 0.684. The van der Waals surface area contributed by atoms with Gasteiger partial charge in [0, 0.05) is 17.1 Å². The summed E-state index contributed by atoms with van der Waals surface area (Å²) in [5, 5.41) is 3.89. The topological polar surface area (TPSA) is 12.0 Å². The summed E-state index contributed by atoms with van der Waals surface area (Å²) in [7, 11) is 0. The maximum Gasteiger partial charge on any atom is 0.0381 e. The summed E-state index contributed by atoms with van der Waals surface area (Å²) in [6.07, 6.45) is 10.0. The van der Waals surface area contributed by atoms with E-state index < -0.39 is 0 Å². The second kappa shape index (κ2) is 4.51. The van der Waals surface area contributed by atoms with Crippen molar-refractivity contribution in [1.29, 1.82) is 0 Å². The summed E-state index contributed by atoms with van der Waals surface area (Å²) < 4.78 is 0. The molecule has 1 aromatic rings. The van der Waals surface area contributed by atoms with Crippen molar-refractivity contribution in [2.75, 3.05) is 5.32 Å². The Kier molecular flexibility index (Phi) is 2.87. The third kappa shape index (κ3) is 1.61. The van der Waals surface area contributed by atoms with E-state index in [4.69, 9.17) is 0 Å². The minimum absolute atomic E-state index is 0.483. The normalized spacial score (nSPS) is 35.1. The van der Waals surface area contributed by atoms with Crippen molar-refractivity contribution in [2.24, 2.45) is 5.92 Å². The molecule has 1 heteroatoms. The van der Waals surface area contributed by atoms with Crippen LogP contribution in [0.15, 0.2) is 18.2 Å². The van der Waals surface area contributed by atoms with E-state index in [0.29, 0.717) is 11.3 Å². The fourth-order valence-electron chi connectivity index (χ4n) is 5.32. The molecule has 0 bridgehead atoms. The Morgan fingerprint density at radius 3 is 2.80 bits per heavy atom. The molecule has 108 valence electrons. The van der Waals surface area contributed by atoms with E-state index >= 15 is 0 Å². The summed E-state index contributed by atoms with van der Waals surface area (Å²) in [5.41, 5.74) is 5.14. The number of nitrogens with one attached hydrogen (secondary N) is 1. The maximum absolute atomic E-state index is 3.89. The zero-order chi connectivity index (χ0) is 13.7. The molecule has 0 amide bonds. The number of fused-ring (bicyclic) bond motifs is 1. The second-order valence-corrected chi connectivity index (χ2v) is 7.57. The van der Waals surface area contributed by atoms with Crippen LogP contribution in [0.1, 0.15) is 75.8 Å². The van der Waals surface area contributed by atoms with Crippen molar-refractivity contribution in [3.05, 3.63) is 29.3 Å².